The molecule has 0 spiro atoms. The van der Waals surface area contributed by atoms with Crippen LogP contribution in [0.4, 0.5) is 5.82 Å². The van der Waals surface area contributed by atoms with Crippen LogP contribution in [-0.2, 0) is 0 Å². The highest BCUT2D eigenvalue weighted by Gasteiger charge is 2.06. The van der Waals surface area contributed by atoms with Crippen molar-refractivity contribution in [3.63, 3.8) is 0 Å². The molecular formula is C11H8N4S2. The summed E-state index contributed by atoms with van der Waals surface area (Å²) in [6.45, 7) is 0. The van der Waals surface area contributed by atoms with E-state index < -0.39 is 0 Å². The number of rotatable bonds is 2. The molecule has 0 saturated heterocycles. The molecule has 2 heterocycles. The Morgan fingerprint density at radius 2 is 2.00 bits per heavy atom. The monoisotopic (exact) mass is 260 g/mol. The van der Waals surface area contributed by atoms with Gasteiger partial charge < -0.3 is 5.73 Å². The third-order valence-corrected chi connectivity index (χ3v) is 4.08. The van der Waals surface area contributed by atoms with E-state index >= 15 is 0 Å². The highest BCUT2D eigenvalue weighted by Crippen LogP contribution is 2.32. The van der Waals surface area contributed by atoms with E-state index in [1.165, 1.54) is 16.5 Å². The predicted molar refractivity (Wildman–Crippen MR) is 70.2 cm³/mol. The van der Waals surface area contributed by atoms with E-state index in [-0.39, 0.29) is 0 Å². The molecule has 0 radical (unpaired) electrons. The zero-order chi connectivity index (χ0) is 11.7. The van der Waals surface area contributed by atoms with Gasteiger partial charge in [0.1, 0.15) is 5.82 Å². The Labute approximate surface area is 106 Å². The van der Waals surface area contributed by atoms with Gasteiger partial charge in [-0.05, 0) is 30.0 Å². The summed E-state index contributed by atoms with van der Waals surface area (Å²) in [4.78, 5) is 12.8. The van der Waals surface area contributed by atoms with E-state index in [1.807, 2.05) is 18.2 Å². The largest absolute Gasteiger partial charge is 0.384 e. The molecule has 0 aliphatic heterocycles. The highest BCUT2D eigenvalue weighted by atomic mass is 32.2. The van der Waals surface area contributed by atoms with Crippen molar-refractivity contribution in [2.45, 2.75) is 9.50 Å². The van der Waals surface area contributed by atoms with Crippen molar-refractivity contribution >= 4 is 39.1 Å². The van der Waals surface area contributed by atoms with E-state index in [9.17, 15) is 0 Å². The Morgan fingerprint density at radius 3 is 2.82 bits per heavy atom. The van der Waals surface area contributed by atoms with Gasteiger partial charge >= 0.3 is 0 Å². The van der Waals surface area contributed by atoms with Gasteiger partial charge in [-0.25, -0.2) is 15.0 Å². The number of para-hydroxylation sites is 1. The standard InChI is InChI=1S/C11H8N4S2/c12-9-5-6-13-10(15-9)17-11-14-7-3-1-2-4-8(7)16-11/h1-6H,(H2,12,13,15). The first-order valence-corrected chi connectivity index (χ1v) is 6.56. The molecule has 3 aromatic rings. The van der Waals surface area contributed by atoms with Gasteiger partial charge in [-0.15, -0.1) is 11.3 Å². The topological polar surface area (TPSA) is 64.7 Å². The summed E-state index contributed by atoms with van der Waals surface area (Å²) in [5.41, 5.74) is 6.61. The first-order valence-electron chi connectivity index (χ1n) is 4.93. The lowest BCUT2D eigenvalue weighted by molar-refractivity contribution is 0.974. The number of hydrogen-bond acceptors (Lipinski definition) is 6. The molecule has 6 heteroatoms. The van der Waals surface area contributed by atoms with Crippen LogP contribution in [-0.4, -0.2) is 15.0 Å². The van der Waals surface area contributed by atoms with Gasteiger partial charge in [0.05, 0.1) is 10.2 Å². The maximum absolute atomic E-state index is 5.61. The average Bonchev–Trinajstić information content (AvgIpc) is 2.71. The number of nitrogens with two attached hydrogens (primary N) is 1. The van der Waals surface area contributed by atoms with Gasteiger partial charge in [0.15, 0.2) is 9.50 Å². The minimum atomic E-state index is 0.476. The van der Waals surface area contributed by atoms with Gasteiger partial charge in [0.25, 0.3) is 0 Å². The lowest BCUT2D eigenvalue weighted by Crippen LogP contribution is -1.92. The van der Waals surface area contributed by atoms with Crippen molar-refractivity contribution in [2.24, 2.45) is 0 Å². The van der Waals surface area contributed by atoms with E-state index in [2.05, 4.69) is 21.0 Å². The third-order valence-electron chi connectivity index (χ3n) is 2.11. The second-order valence-electron chi connectivity index (χ2n) is 3.31. The van der Waals surface area contributed by atoms with Crippen molar-refractivity contribution in [3.05, 3.63) is 36.5 Å². The van der Waals surface area contributed by atoms with Gasteiger partial charge in [0, 0.05) is 6.20 Å². The molecule has 0 atom stereocenters. The average molecular weight is 260 g/mol. The molecular weight excluding hydrogens is 252 g/mol. The number of benzene rings is 1. The van der Waals surface area contributed by atoms with E-state index in [1.54, 1.807) is 23.6 Å². The molecule has 17 heavy (non-hydrogen) atoms. The Morgan fingerprint density at radius 1 is 1.12 bits per heavy atom. The van der Waals surface area contributed by atoms with Crippen LogP contribution in [0.3, 0.4) is 0 Å². The van der Waals surface area contributed by atoms with Crippen LogP contribution in [0.5, 0.6) is 0 Å². The first kappa shape index (κ1) is 10.5. The SMILES string of the molecule is Nc1ccnc(Sc2nc3ccccc3s2)n1. The summed E-state index contributed by atoms with van der Waals surface area (Å²) in [6, 6.07) is 9.70. The quantitative estimate of drug-likeness (QED) is 0.718. The van der Waals surface area contributed by atoms with Crippen LogP contribution in [0.1, 0.15) is 0 Å². The van der Waals surface area contributed by atoms with Crippen LogP contribution in [0.2, 0.25) is 0 Å². The normalized spacial score (nSPS) is 10.8. The van der Waals surface area contributed by atoms with Crippen molar-refractivity contribution in [2.75, 3.05) is 5.73 Å². The zero-order valence-electron chi connectivity index (χ0n) is 8.70. The van der Waals surface area contributed by atoms with Crippen molar-refractivity contribution < 1.29 is 0 Å². The predicted octanol–water partition coefficient (Wildman–Crippen LogP) is 2.82. The Bertz CT molecular complexity index is 632. The van der Waals surface area contributed by atoms with Crippen LogP contribution >= 0.6 is 23.1 Å². The molecule has 0 amide bonds. The smallest absolute Gasteiger partial charge is 0.196 e. The molecule has 0 fully saturated rings. The fourth-order valence-corrected chi connectivity index (χ4v) is 3.30. The molecule has 1 aromatic carbocycles. The van der Waals surface area contributed by atoms with E-state index in [0.29, 0.717) is 11.0 Å². The number of aromatic nitrogens is 3. The number of anilines is 1. The lowest BCUT2D eigenvalue weighted by atomic mass is 10.3. The molecule has 2 N–H and O–H groups in total. The molecule has 84 valence electrons. The minimum Gasteiger partial charge on any atom is -0.384 e. The van der Waals surface area contributed by atoms with Crippen LogP contribution in [0, 0.1) is 0 Å². The lowest BCUT2D eigenvalue weighted by Gasteiger charge is -1.95. The van der Waals surface area contributed by atoms with Crippen molar-refractivity contribution in [3.8, 4) is 0 Å². The van der Waals surface area contributed by atoms with Gasteiger partial charge in [-0.3, -0.25) is 0 Å². The van der Waals surface area contributed by atoms with Gasteiger partial charge in [-0.1, -0.05) is 12.1 Å². The fraction of sp³-hybridized carbons (Fsp3) is 0. The van der Waals surface area contributed by atoms with Crippen molar-refractivity contribution in [1.29, 1.82) is 0 Å². The number of nitrogen functional groups attached to an aromatic ring is 1. The van der Waals surface area contributed by atoms with E-state index in [0.717, 1.165) is 9.86 Å². The molecule has 4 nitrogen and oxygen atoms in total. The summed E-state index contributed by atoms with van der Waals surface area (Å²) in [6.07, 6.45) is 1.65. The molecule has 0 unspecified atom stereocenters. The molecule has 0 aliphatic carbocycles. The Balaban J connectivity index is 1.94. The van der Waals surface area contributed by atoms with Gasteiger partial charge in [-0.2, -0.15) is 0 Å². The molecule has 3 rings (SSSR count). The number of fused-ring (bicyclic) bond motifs is 1. The number of nitrogens with zero attached hydrogens (tertiary/aromatic N) is 3. The van der Waals surface area contributed by atoms with E-state index in [4.69, 9.17) is 5.73 Å². The Hall–Kier alpha value is -1.66. The van der Waals surface area contributed by atoms with Crippen LogP contribution < -0.4 is 5.73 Å². The maximum Gasteiger partial charge on any atom is 0.196 e. The number of thiazole rings is 1. The summed E-state index contributed by atoms with van der Waals surface area (Å²) < 4.78 is 2.09. The maximum atomic E-state index is 5.61. The van der Waals surface area contributed by atoms with Crippen LogP contribution in [0.15, 0.2) is 46.0 Å². The third kappa shape index (κ3) is 2.22. The molecule has 0 bridgehead atoms. The molecule has 0 aliphatic rings. The fourth-order valence-electron chi connectivity index (χ4n) is 1.38. The molecule has 0 saturated carbocycles. The summed E-state index contributed by atoms with van der Waals surface area (Å²) in [5.74, 6) is 0.476. The molecule has 2 aromatic heterocycles. The first-order chi connectivity index (χ1) is 8.31. The Kier molecular flexibility index (Phi) is 2.66. The summed E-state index contributed by atoms with van der Waals surface area (Å²) in [7, 11) is 0. The minimum absolute atomic E-state index is 0.476. The second-order valence-corrected chi connectivity index (χ2v) is 5.56. The highest BCUT2D eigenvalue weighted by molar-refractivity contribution is 8.01. The second kappa shape index (κ2) is 4.31. The van der Waals surface area contributed by atoms with Crippen molar-refractivity contribution in [1.82, 2.24) is 15.0 Å². The number of hydrogen-bond donors (Lipinski definition) is 1. The van der Waals surface area contributed by atoms with Gasteiger partial charge in [0.2, 0.25) is 0 Å². The van der Waals surface area contributed by atoms with Crippen LogP contribution in [0.25, 0.3) is 10.2 Å². The zero-order valence-corrected chi connectivity index (χ0v) is 10.3. The summed E-state index contributed by atoms with van der Waals surface area (Å²) in [5, 5.41) is 0.629. The summed E-state index contributed by atoms with van der Waals surface area (Å²) >= 11 is 3.06.